The number of imidazole rings is 1. The van der Waals surface area contributed by atoms with Gasteiger partial charge < -0.3 is 9.42 Å². The molecule has 0 saturated carbocycles. The predicted octanol–water partition coefficient (Wildman–Crippen LogP) is 3.32. The second-order valence-corrected chi connectivity index (χ2v) is 7.67. The van der Waals surface area contributed by atoms with Crippen molar-refractivity contribution in [1.29, 1.82) is 0 Å². The van der Waals surface area contributed by atoms with Gasteiger partial charge in [-0.15, -0.1) is 0 Å². The third-order valence-electron chi connectivity index (χ3n) is 5.80. The van der Waals surface area contributed by atoms with E-state index in [4.69, 9.17) is 16.1 Å². The maximum absolute atomic E-state index is 13.1. The lowest BCUT2D eigenvalue weighted by molar-refractivity contribution is 0.0461. The molecule has 4 heterocycles. The first-order valence-corrected chi connectivity index (χ1v) is 10.2. The number of hydrogen-bond donors (Lipinski definition) is 0. The van der Waals surface area contributed by atoms with Gasteiger partial charge in [0.15, 0.2) is 11.5 Å². The van der Waals surface area contributed by atoms with Crippen LogP contribution >= 0.6 is 11.6 Å². The molecular formula is C20H21ClN6O2. The Balaban J connectivity index is 1.60. The van der Waals surface area contributed by atoms with E-state index in [1.54, 1.807) is 12.4 Å². The number of nitrogens with zero attached hydrogens (tertiary/aromatic N) is 6. The highest BCUT2D eigenvalue weighted by Crippen LogP contribution is 2.44. The summed E-state index contributed by atoms with van der Waals surface area (Å²) in [5, 5.41) is 4.58. The summed E-state index contributed by atoms with van der Waals surface area (Å²) in [6.45, 7) is 7.35. The lowest BCUT2D eigenvalue weighted by Gasteiger charge is -2.39. The third kappa shape index (κ3) is 2.78. The van der Waals surface area contributed by atoms with Crippen molar-refractivity contribution in [2.45, 2.75) is 32.9 Å². The molecule has 8 nitrogen and oxygen atoms in total. The number of fused-ring (bicyclic) bond motifs is 5. The molecule has 1 atom stereocenters. The van der Waals surface area contributed by atoms with Crippen molar-refractivity contribution in [3.05, 3.63) is 46.6 Å². The molecule has 0 aliphatic carbocycles. The van der Waals surface area contributed by atoms with Gasteiger partial charge in [-0.3, -0.25) is 14.3 Å². The van der Waals surface area contributed by atoms with E-state index in [1.807, 2.05) is 21.6 Å². The molecule has 29 heavy (non-hydrogen) atoms. The van der Waals surface area contributed by atoms with Crippen LogP contribution in [0.15, 0.2) is 29.0 Å². The zero-order chi connectivity index (χ0) is 20.1. The fourth-order valence-electron chi connectivity index (χ4n) is 4.08. The van der Waals surface area contributed by atoms with Gasteiger partial charge >= 0.3 is 0 Å². The number of carbonyl (C=O) groups excluding carboxylic acids is 1. The Hall–Kier alpha value is -2.71. The van der Waals surface area contributed by atoms with E-state index in [9.17, 15) is 4.79 Å². The van der Waals surface area contributed by atoms with Gasteiger partial charge in [-0.25, -0.2) is 4.98 Å². The topological polar surface area (TPSA) is 80.3 Å². The van der Waals surface area contributed by atoms with Crippen LogP contribution in [0.4, 0.5) is 0 Å². The normalized spacial score (nSPS) is 17.6. The molecule has 0 N–H and O–H groups in total. The average Bonchev–Trinajstić information content (AvgIpc) is 3.30. The molecule has 2 aliphatic rings. The van der Waals surface area contributed by atoms with E-state index in [2.05, 4.69) is 33.9 Å². The molecule has 1 fully saturated rings. The molecule has 9 heteroatoms. The zero-order valence-corrected chi connectivity index (χ0v) is 17.1. The number of rotatable bonds is 5. The third-order valence-corrected chi connectivity index (χ3v) is 6.11. The molecule has 3 aromatic rings. The first kappa shape index (κ1) is 18.3. The van der Waals surface area contributed by atoms with E-state index in [1.165, 1.54) is 0 Å². The van der Waals surface area contributed by atoms with Crippen molar-refractivity contribution in [1.82, 2.24) is 29.5 Å². The van der Waals surface area contributed by atoms with Gasteiger partial charge in [-0.2, -0.15) is 4.98 Å². The summed E-state index contributed by atoms with van der Waals surface area (Å²) in [5.41, 5.74) is 2.75. The molecule has 0 unspecified atom stereocenters. The Morgan fingerprint density at radius 3 is 2.86 bits per heavy atom. The smallest absolute Gasteiger partial charge is 0.278 e. The van der Waals surface area contributed by atoms with Crippen LogP contribution in [0.5, 0.6) is 0 Å². The van der Waals surface area contributed by atoms with E-state index >= 15 is 0 Å². The van der Waals surface area contributed by atoms with E-state index in [0.717, 1.165) is 30.9 Å². The Bertz CT molecular complexity index is 1090. The van der Waals surface area contributed by atoms with Crippen LogP contribution in [0.1, 0.15) is 48.2 Å². The maximum Gasteiger partial charge on any atom is 0.278 e. The minimum Gasteiger partial charge on any atom is -0.332 e. The Kier molecular flexibility index (Phi) is 4.40. The molecule has 1 aromatic carbocycles. The largest absolute Gasteiger partial charge is 0.332 e. The van der Waals surface area contributed by atoms with Gasteiger partial charge in [0.25, 0.3) is 11.8 Å². The predicted molar refractivity (Wildman–Crippen MR) is 107 cm³/mol. The monoisotopic (exact) mass is 412 g/mol. The van der Waals surface area contributed by atoms with E-state index < -0.39 is 0 Å². The molecule has 0 bridgehead atoms. The van der Waals surface area contributed by atoms with Gasteiger partial charge in [0.05, 0.1) is 34.6 Å². The number of halogens is 1. The number of carbonyl (C=O) groups is 1. The summed E-state index contributed by atoms with van der Waals surface area (Å²) in [6, 6.07) is 5.39. The summed E-state index contributed by atoms with van der Waals surface area (Å²) in [5.74, 6) is 0.957. The number of benzene rings is 1. The Morgan fingerprint density at radius 2 is 2.14 bits per heavy atom. The van der Waals surface area contributed by atoms with Crippen LogP contribution in [0.2, 0.25) is 5.02 Å². The van der Waals surface area contributed by atoms with Crippen molar-refractivity contribution in [2.24, 2.45) is 0 Å². The van der Waals surface area contributed by atoms with Crippen LogP contribution in [-0.2, 0) is 6.54 Å². The molecule has 5 rings (SSSR count). The van der Waals surface area contributed by atoms with Gasteiger partial charge in [0.2, 0.25) is 0 Å². The van der Waals surface area contributed by atoms with Crippen LogP contribution < -0.4 is 0 Å². The standard InChI is InChI=1S/C20H21ClN6O2/c1-3-25(4-2)10-15-23-19(29-24-15)17-18-14-8-9-26(14)20(28)16-12(21)6-5-7-13(16)27(18)11-22-17/h5-7,11,14H,3-4,8-10H2,1-2H3/t14-/m0/s1. The Morgan fingerprint density at radius 1 is 1.31 bits per heavy atom. The van der Waals surface area contributed by atoms with Crippen LogP contribution in [0.3, 0.4) is 0 Å². The number of amides is 1. The lowest BCUT2D eigenvalue weighted by Crippen LogP contribution is -2.44. The maximum atomic E-state index is 13.1. The van der Waals surface area contributed by atoms with E-state index in [-0.39, 0.29) is 11.9 Å². The van der Waals surface area contributed by atoms with Crippen LogP contribution in [0.25, 0.3) is 17.3 Å². The number of aromatic nitrogens is 4. The van der Waals surface area contributed by atoms with Crippen LogP contribution in [-0.4, -0.2) is 55.0 Å². The minimum absolute atomic E-state index is 0.0516. The summed E-state index contributed by atoms with van der Waals surface area (Å²) in [4.78, 5) is 26.3. The summed E-state index contributed by atoms with van der Waals surface area (Å²) in [7, 11) is 0. The second-order valence-electron chi connectivity index (χ2n) is 7.26. The fraction of sp³-hybridized carbons (Fsp3) is 0.400. The highest BCUT2D eigenvalue weighted by atomic mass is 35.5. The lowest BCUT2D eigenvalue weighted by atomic mass is 9.97. The van der Waals surface area contributed by atoms with Crippen molar-refractivity contribution < 1.29 is 9.32 Å². The highest BCUT2D eigenvalue weighted by Gasteiger charge is 2.43. The summed E-state index contributed by atoms with van der Waals surface area (Å²) < 4.78 is 7.50. The zero-order valence-electron chi connectivity index (χ0n) is 16.3. The van der Waals surface area contributed by atoms with Gasteiger partial charge in [0.1, 0.15) is 6.33 Å². The highest BCUT2D eigenvalue weighted by molar-refractivity contribution is 6.34. The van der Waals surface area contributed by atoms with Crippen molar-refractivity contribution in [3.8, 4) is 17.3 Å². The SMILES string of the molecule is CCN(CC)Cc1noc(-c2ncn3c2[C@@H]2CCN2C(=O)c2c(Cl)cccc2-3)n1. The Labute approximate surface area is 173 Å². The van der Waals surface area contributed by atoms with Crippen molar-refractivity contribution in [2.75, 3.05) is 19.6 Å². The van der Waals surface area contributed by atoms with Gasteiger partial charge in [-0.05, 0) is 31.6 Å². The minimum atomic E-state index is -0.0819. The average molecular weight is 413 g/mol. The molecule has 0 radical (unpaired) electrons. The van der Waals surface area contributed by atoms with E-state index in [0.29, 0.717) is 41.1 Å². The van der Waals surface area contributed by atoms with Crippen molar-refractivity contribution in [3.63, 3.8) is 0 Å². The molecule has 0 spiro atoms. The second kappa shape index (κ2) is 6.96. The molecule has 150 valence electrons. The van der Waals surface area contributed by atoms with Gasteiger partial charge in [-0.1, -0.05) is 36.7 Å². The molecule has 1 amide bonds. The first-order valence-electron chi connectivity index (χ1n) is 9.84. The summed E-state index contributed by atoms with van der Waals surface area (Å²) >= 11 is 6.39. The quantitative estimate of drug-likeness (QED) is 0.639. The fourth-order valence-corrected chi connectivity index (χ4v) is 4.33. The van der Waals surface area contributed by atoms with Gasteiger partial charge in [0, 0.05) is 6.54 Å². The first-order chi connectivity index (χ1) is 14.1. The molecule has 2 aromatic heterocycles. The molecule has 1 saturated heterocycles. The molecule has 2 aliphatic heterocycles. The number of hydrogen-bond acceptors (Lipinski definition) is 6. The molecular weight excluding hydrogens is 392 g/mol. The summed E-state index contributed by atoms with van der Waals surface area (Å²) in [6.07, 6.45) is 2.57. The van der Waals surface area contributed by atoms with Crippen LogP contribution in [0, 0.1) is 0 Å². The van der Waals surface area contributed by atoms with Crippen molar-refractivity contribution >= 4 is 17.5 Å².